The van der Waals surface area contributed by atoms with Gasteiger partial charge in [-0.2, -0.15) is 0 Å². The van der Waals surface area contributed by atoms with Gasteiger partial charge < -0.3 is 9.88 Å². The maximum absolute atomic E-state index is 13.5. The Morgan fingerprint density at radius 2 is 2.29 bits per heavy atom. The number of nitrogens with one attached hydrogen (secondary N) is 1. The van der Waals surface area contributed by atoms with E-state index < -0.39 is 0 Å². The number of anilines is 1. The Balaban J connectivity index is 2.07. The van der Waals surface area contributed by atoms with Gasteiger partial charge >= 0.3 is 0 Å². The van der Waals surface area contributed by atoms with Crippen LogP contribution in [0.25, 0.3) is 0 Å². The second-order valence-electron chi connectivity index (χ2n) is 3.61. The van der Waals surface area contributed by atoms with Gasteiger partial charge in [-0.1, -0.05) is 15.9 Å². The van der Waals surface area contributed by atoms with Gasteiger partial charge in [0.2, 0.25) is 0 Å². The zero-order valence-corrected chi connectivity index (χ0v) is 11.0. The van der Waals surface area contributed by atoms with Gasteiger partial charge in [0.25, 0.3) is 0 Å². The Kier molecular flexibility index (Phi) is 3.78. The predicted molar refractivity (Wildman–Crippen MR) is 69.3 cm³/mol. The van der Waals surface area contributed by atoms with Crippen molar-refractivity contribution in [1.82, 2.24) is 9.55 Å². The molecule has 0 atom stereocenters. The first-order valence-corrected chi connectivity index (χ1v) is 6.19. The van der Waals surface area contributed by atoms with Crippen LogP contribution >= 0.6 is 15.9 Å². The van der Waals surface area contributed by atoms with E-state index in [1.807, 2.05) is 17.7 Å². The third kappa shape index (κ3) is 2.85. The fourth-order valence-electron chi connectivity index (χ4n) is 1.60. The van der Waals surface area contributed by atoms with Crippen molar-refractivity contribution in [2.24, 2.45) is 0 Å². The molecule has 3 nitrogen and oxygen atoms in total. The summed E-state index contributed by atoms with van der Waals surface area (Å²) in [4.78, 5) is 4.22. The number of nitrogens with zero attached hydrogens (tertiary/aromatic N) is 2. The van der Waals surface area contributed by atoms with E-state index in [4.69, 9.17) is 0 Å². The third-order valence-electron chi connectivity index (χ3n) is 2.51. The highest BCUT2D eigenvalue weighted by Crippen LogP contribution is 2.19. The molecule has 0 aliphatic rings. The number of aryl methyl sites for hydroxylation is 1. The van der Waals surface area contributed by atoms with E-state index in [1.54, 1.807) is 18.3 Å². The van der Waals surface area contributed by atoms with Gasteiger partial charge in [-0.25, -0.2) is 9.37 Å². The van der Waals surface area contributed by atoms with Crippen LogP contribution in [0.1, 0.15) is 12.7 Å². The summed E-state index contributed by atoms with van der Waals surface area (Å²) in [5, 5.41) is 3.04. The summed E-state index contributed by atoms with van der Waals surface area (Å²) in [5.74, 6) is 0.629. The fourth-order valence-corrected chi connectivity index (χ4v) is 1.94. The topological polar surface area (TPSA) is 29.9 Å². The molecular weight excluding hydrogens is 285 g/mol. The van der Waals surface area contributed by atoms with Crippen LogP contribution in [0.4, 0.5) is 10.1 Å². The largest absolute Gasteiger partial charge is 0.375 e. The lowest BCUT2D eigenvalue weighted by molar-refractivity contribution is 0.627. The SMILES string of the molecule is CCn1ccnc1CNc1ccc(Br)cc1F. The van der Waals surface area contributed by atoms with Crippen molar-refractivity contribution >= 4 is 21.6 Å². The Hall–Kier alpha value is -1.36. The molecule has 0 unspecified atom stereocenters. The zero-order valence-electron chi connectivity index (χ0n) is 9.45. The highest BCUT2D eigenvalue weighted by molar-refractivity contribution is 9.10. The van der Waals surface area contributed by atoms with Crippen LogP contribution in [-0.2, 0) is 13.1 Å². The number of hydrogen-bond acceptors (Lipinski definition) is 2. The molecule has 0 spiro atoms. The average Bonchev–Trinajstić information content (AvgIpc) is 2.75. The molecule has 0 aliphatic heterocycles. The van der Waals surface area contributed by atoms with Gasteiger partial charge in [-0.05, 0) is 25.1 Å². The van der Waals surface area contributed by atoms with Gasteiger partial charge in [0.05, 0.1) is 12.2 Å². The van der Waals surface area contributed by atoms with E-state index in [0.717, 1.165) is 16.8 Å². The smallest absolute Gasteiger partial charge is 0.147 e. The van der Waals surface area contributed by atoms with Gasteiger partial charge in [0.15, 0.2) is 0 Å². The second-order valence-corrected chi connectivity index (χ2v) is 4.52. The van der Waals surface area contributed by atoms with E-state index in [1.165, 1.54) is 6.07 Å². The highest BCUT2D eigenvalue weighted by atomic mass is 79.9. The van der Waals surface area contributed by atoms with Crippen LogP contribution in [0.3, 0.4) is 0 Å². The van der Waals surface area contributed by atoms with Crippen LogP contribution in [0.5, 0.6) is 0 Å². The normalized spacial score (nSPS) is 10.5. The molecule has 17 heavy (non-hydrogen) atoms. The number of aromatic nitrogens is 2. The van der Waals surface area contributed by atoms with E-state index in [2.05, 4.69) is 26.2 Å². The molecule has 0 amide bonds. The molecule has 1 N–H and O–H groups in total. The summed E-state index contributed by atoms with van der Waals surface area (Å²) in [6, 6.07) is 4.95. The van der Waals surface area contributed by atoms with Gasteiger partial charge in [-0.15, -0.1) is 0 Å². The maximum atomic E-state index is 13.5. The minimum absolute atomic E-state index is 0.269. The summed E-state index contributed by atoms with van der Waals surface area (Å²) < 4.78 is 16.3. The first-order chi connectivity index (χ1) is 8.20. The number of imidazole rings is 1. The second kappa shape index (κ2) is 5.31. The van der Waals surface area contributed by atoms with Crippen LogP contribution in [0, 0.1) is 5.82 Å². The molecular formula is C12H13BrFN3. The molecule has 0 saturated heterocycles. The minimum atomic E-state index is -0.269. The predicted octanol–water partition coefficient (Wildman–Crippen LogP) is 3.42. The van der Waals surface area contributed by atoms with E-state index in [9.17, 15) is 4.39 Å². The summed E-state index contributed by atoms with van der Waals surface area (Å²) in [7, 11) is 0. The van der Waals surface area contributed by atoms with Crippen molar-refractivity contribution in [3.63, 3.8) is 0 Å². The molecule has 5 heteroatoms. The van der Waals surface area contributed by atoms with Crippen LogP contribution in [0.15, 0.2) is 35.1 Å². The average molecular weight is 298 g/mol. The van der Waals surface area contributed by atoms with E-state index in [0.29, 0.717) is 12.2 Å². The van der Waals surface area contributed by atoms with E-state index in [-0.39, 0.29) is 5.82 Å². The molecule has 0 radical (unpaired) electrons. The van der Waals surface area contributed by atoms with Crippen LogP contribution < -0.4 is 5.32 Å². The maximum Gasteiger partial charge on any atom is 0.147 e. The summed E-state index contributed by atoms with van der Waals surface area (Å²) >= 11 is 3.22. The van der Waals surface area contributed by atoms with Gasteiger partial charge in [0, 0.05) is 23.4 Å². The standard InChI is InChI=1S/C12H13BrFN3/c1-2-17-6-5-15-12(17)8-16-11-4-3-9(13)7-10(11)14/h3-7,16H,2,8H2,1H3. The monoisotopic (exact) mass is 297 g/mol. The van der Waals surface area contributed by atoms with Gasteiger partial charge in [-0.3, -0.25) is 0 Å². The fraction of sp³-hybridized carbons (Fsp3) is 0.250. The van der Waals surface area contributed by atoms with Crippen molar-refractivity contribution in [3.05, 3.63) is 46.7 Å². The molecule has 90 valence electrons. The first kappa shape index (κ1) is 12.1. The summed E-state index contributed by atoms with van der Waals surface area (Å²) in [5.41, 5.74) is 0.485. The molecule has 0 bridgehead atoms. The van der Waals surface area contributed by atoms with Crippen LogP contribution in [0.2, 0.25) is 0 Å². The highest BCUT2D eigenvalue weighted by Gasteiger charge is 2.04. The van der Waals surface area contributed by atoms with Gasteiger partial charge in [0.1, 0.15) is 11.6 Å². The van der Waals surface area contributed by atoms with Crippen molar-refractivity contribution < 1.29 is 4.39 Å². The quantitative estimate of drug-likeness (QED) is 0.937. The molecule has 1 aromatic carbocycles. The van der Waals surface area contributed by atoms with Crippen molar-refractivity contribution in [1.29, 1.82) is 0 Å². The molecule has 0 saturated carbocycles. The first-order valence-electron chi connectivity index (χ1n) is 5.39. The van der Waals surface area contributed by atoms with Crippen molar-refractivity contribution in [2.45, 2.75) is 20.0 Å². The minimum Gasteiger partial charge on any atom is -0.375 e. The molecule has 1 heterocycles. The van der Waals surface area contributed by atoms with Crippen molar-refractivity contribution in [2.75, 3.05) is 5.32 Å². The Bertz CT molecular complexity index is 510. The van der Waals surface area contributed by atoms with E-state index >= 15 is 0 Å². The summed E-state index contributed by atoms with van der Waals surface area (Å²) in [6.45, 7) is 3.42. The lowest BCUT2D eigenvalue weighted by atomic mass is 10.3. The Morgan fingerprint density at radius 1 is 1.47 bits per heavy atom. The number of rotatable bonds is 4. The lowest BCUT2D eigenvalue weighted by Crippen LogP contribution is -2.08. The number of benzene rings is 1. The number of hydrogen-bond donors (Lipinski definition) is 1. The molecule has 2 rings (SSSR count). The molecule has 0 fully saturated rings. The lowest BCUT2D eigenvalue weighted by Gasteiger charge is -2.09. The number of halogens is 2. The Labute approximate surface area is 108 Å². The Morgan fingerprint density at radius 3 is 3.00 bits per heavy atom. The third-order valence-corrected chi connectivity index (χ3v) is 3.00. The molecule has 1 aromatic heterocycles. The zero-order chi connectivity index (χ0) is 12.3. The molecule has 0 aliphatic carbocycles. The summed E-state index contributed by atoms with van der Waals surface area (Å²) in [6.07, 6.45) is 3.66. The van der Waals surface area contributed by atoms with Crippen LogP contribution in [-0.4, -0.2) is 9.55 Å². The molecule has 2 aromatic rings. The van der Waals surface area contributed by atoms with Crippen molar-refractivity contribution in [3.8, 4) is 0 Å².